The van der Waals surface area contributed by atoms with Gasteiger partial charge in [-0.05, 0) is 43.0 Å². The summed E-state index contributed by atoms with van der Waals surface area (Å²) in [7, 11) is 0. The van der Waals surface area contributed by atoms with Crippen molar-refractivity contribution in [1.29, 1.82) is 0 Å². The Labute approximate surface area is 169 Å². The number of nitrogens with one attached hydrogen (secondary N) is 1. The molecule has 4 heteroatoms. The molecule has 0 radical (unpaired) electrons. The Morgan fingerprint density at radius 3 is 2.57 bits per heavy atom. The van der Waals surface area contributed by atoms with E-state index < -0.39 is 0 Å². The molecule has 1 saturated heterocycles. The van der Waals surface area contributed by atoms with Crippen molar-refractivity contribution >= 4 is 0 Å². The zero-order valence-corrected chi connectivity index (χ0v) is 16.9. The molecule has 0 bridgehead atoms. The fourth-order valence-electron chi connectivity index (χ4n) is 3.68. The monoisotopic (exact) mass is 380 g/mol. The van der Waals surface area contributed by atoms with Gasteiger partial charge in [0.05, 0.1) is 6.61 Å². The van der Waals surface area contributed by atoms with Crippen LogP contribution < -0.4 is 14.8 Å². The summed E-state index contributed by atoms with van der Waals surface area (Å²) in [6.07, 6.45) is 4.08. The molecule has 0 unspecified atom stereocenters. The Morgan fingerprint density at radius 1 is 1.07 bits per heavy atom. The van der Waals surface area contributed by atoms with E-state index in [1.165, 1.54) is 5.56 Å². The molecule has 2 aromatic rings. The van der Waals surface area contributed by atoms with Crippen LogP contribution in [0, 0.1) is 0 Å². The van der Waals surface area contributed by atoms with Crippen LogP contribution in [0.3, 0.4) is 0 Å². The van der Waals surface area contributed by atoms with Crippen molar-refractivity contribution in [2.75, 3.05) is 32.8 Å². The van der Waals surface area contributed by atoms with Crippen molar-refractivity contribution < 1.29 is 9.47 Å². The molecule has 2 aromatic carbocycles. The summed E-state index contributed by atoms with van der Waals surface area (Å²) in [5.41, 5.74) is 2.44. The minimum atomic E-state index is 0.377. The van der Waals surface area contributed by atoms with Gasteiger partial charge in [0.2, 0.25) is 0 Å². The van der Waals surface area contributed by atoms with E-state index >= 15 is 0 Å². The highest BCUT2D eigenvalue weighted by Crippen LogP contribution is 2.35. The molecule has 150 valence electrons. The van der Waals surface area contributed by atoms with Crippen LogP contribution in [0.1, 0.15) is 36.9 Å². The van der Waals surface area contributed by atoms with E-state index in [0.717, 1.165) is 56.1 Å². The molecule has 0 spiro atoms. The van der Waals surface area contributed by atoms with Crippen molar-refractivity contribution in [1.82, 2.24) is 10.2 Å². The van der Waals surface area contributed by atoms with E-state index in [9.17, 15) is 0 Å². The average Bonchev–Trinajstić information content (AvgIpc) is 2.75. The molecule has 28 heavy (non-hydrogen) atoms. The summed E-state index contributed by atoms with van der Waals surface area (Å²) in [4.78, 5) is 2.57. The molecule has 0 saturated carbocycles. The van der Waals surface area contributed by atoms with Gasteiger partial charge in [-0.1, -0.05) is 42.5 Å². The lowest BCUT2D eigenvalue weighted by Gasteiger charge is -2.35. The molecule has 3 rings (SSSR count). The molecule has 1 N–H and O–H groups in total. The number of ether oxygens (including phenoxy) is 2. The van der Waals surface area contributed by atoms with Gasteiger partial charge in [0.25, 0.3) is 0 Å². The van der Waals surface area contributed by atoms with Gasteiger partial charge in [0.15, 0.2) is 11.5 Å². The SMILES string of the molecule is C=CCC[C@H](c1ccc(OCc2ccccc2)c(OCC)c1)N1CCNCC1. The number of hydrogen-bond acceptors (Lipinski definition) is 4. The van der Waals surface area contributed by atoms with Crippen LogP contribution in [0.2, 0.25) is 0 Å². The van der Waals surface area contributed by atoms with Crippen LogP contribution in [0.25, 0.3) is 0 Å². The van der Waals surface area contributed by atoms with Gasteiger partial charge in [-0.25, -0.2) is 0 Å². The second-order valence-electron chi connectivity index (χ2n) is 7.08. The van der Waals surface area contributed by atoms with Gasteiger partial charge in [0, 0.05) is 32.2 Å². The van der Waals surface area contributed by atoms with Gasteiger partial charge in [0.1, 0.15) is 6.61 Å². The first-order valence-corrected chi connectivity index (χ1v) is 10.3. The molecule has 1 heterocycles. The van der Waals surface area contributed by atoms with E-state index in [2.05, 4.69) is 47.1 Å². The lowest BCUT2D eigenvalue weighted by molar-refractivity contribution is 0.165. The van der Waals surface area contributed by atoms with Crippen molar-refractivity contribution in [2.24, 2.45) is 0 Å². The minimum Gasteiger partial charge on any atom is -0.490 e. The standard InChI is InChI=1S/C24H32N2O2/c1-3-5-11-22(26-16-14-25-15-17-26)21-12-13-23(24(18-21)27-4-2)28-19-20-9-7-6-8-10-20/h3,6-10,12-13,18,22,25H,1,4-5,11,14-17,19H2,2H3/t22-/m1/s1. The first kappa shape index (κ1) is 20.4. The Morgan fingerprint density at radius 2 is 1.86 bits per heavy atom. The topological polar surface area (TPSA) is 33.7 Å². The predicted octanol–water partition coefficient (Wildman–Crippen LogP) is 4.58. The van der Waals surface area contributed by atoms with Crippen LogP contribution in [0.5, 0.6) is 11.5 Å². The first-order valence-electron chi connectivity index (χ1n) is 10.3. The second kappa shape index (κ2) is 10.9. The third-order valence-corrected chi connectivity index (χ3v) is 5.13. The van der Waals surface area contributed by atoms with Crippen molar-refractivity contribution in [3.63, 3.8) is 0 Å². The van der Waals surface area contributed by atoms with Gasteiger partial charge >= 0.3 is 0 Å². The summed E-state index contributed by atoms with van der Waals surface area (Å²) in [6, 6.07) is 17.0. The summed E-state index contributed by atoms with van der Waals surface area (Å²) in [6.45, 7) is 11.3. The average molecular weight is 381 g/mol. The van der Waals surface area contributed by atoms with E-state index in [1.54, 1.807) is 0 Å². The highest BCUT2D eigenvalue weighted by molar-refractivity contribution is 5.44. The van der Waals surface area contributed by atoms with Crippen molar-refractivity contribution in [3.8, 4) is 11.5 Å². The maximum atomic E-state index is 6.07. The fraction of sp³-hybridized carbons (Fsp3) is 0.417. The zero-order chi connectivity index (χ0) is 19.6. The Kier molecular flexibility index (Phi) is 7.94. The minimum absolute atomic E-state index is 0.377. The quantitative estimate of drug-likeness (QED) is 0.612. The molecular formula is C24H32N2O2. The second-order valence-corrected chi connectivity index (χ2v) is 7.08. The zero-order valence-electron chi connectivity index (χ0n) is 16.9. The van der Waals surface area contributed by atoms with Gasteiger partial charge in [-0.3, -0.25) is 4.90 Å². The normalized spacial score (nSPS) is 15.8. The number of nitrogens with zero attached hydrogens (tertiary/aromatic N) is 1. The molecule has 1 atom stereocenters. The highest BCUT2D eigenvalue weighted by atomic mass is 16.5. The van der Waals surface area contributed by atoms with Crippen LogP contribution >= 0.6 is 0 Å². The van der Waals surface area contributed by atoms with Crippen molar-refractivity contribution in [2.45, 2.75) is 32.4 Å². The first-order chi connectivity index (χ1) is 13.8. The third kappa shape index (κ3) is 5.60. The number of rotatable bonds is 10. The summed E-state index contributed by atoms with van der Waals surface area (Å²) >= 11 is 0. The Bertz CT molecular complexity index is 727. The Balaban J connectivity index is 1.79. The largest absolute Gasteiger partial charge is 0.490 e. The summed E-state index contributed by atoms with van der Waals surface area (Å²) < 4.78 is 12.0. The van der Waals surface area contributed by atoms with Crippen molar-refractivity contribution in [3.05, 3.63) is 72.3 Å². The van der Waals surface area contributed by atoms with Gasteiger partial charge in [-0.2, -0.15) is 0 Å². The molecule has 0 amide bonds. The highest BCUT2D eigenvalue weighted by Gasteiger charge is 2.23. The summed E-state index contributed by atoms with van der Waals surface area (Å²) in [5.74, 6) is 1.63. The number of piperazine rings is 1. The number of hydrogen-bond donors (Lipinski definition) is 1. The number of benzene rings is 2. The maximum Gasteiger partial charge on any atom is 0.161 e. The molecule has 4 nitrogen and oxygen atoms in total. The Hall–Kier alpha value is -2.30. The van der Waals surface area contributed by atoms with Crippen LogP contribution in [0.15, 0.2) is 61.2 Å². The molecule has 1 aliphatic rings. The number of allylic oxidation sites excluding steroid dienone is 1. The molecule has 1 aliphatic heterocycles. The third-order valence-electron chi connectivity index (χ3n) is 5.13. The molecule has 1 fully saturated rings. The molecular weight excluding hydrogens is 348 g/mol. The fourth-order valence-corrected chi connectivity index (χ4v) is 3.68. The van der Waals surface area contributed by atoms with E-state index in [1.807, 2.05) is 31.2 Å². The van der Waals surface area contributed by atoms with Crippen LogP contribution in [-0.2, 0) is 6.61 Å². The van der Waals surface area contributed by atoms with Crippen LogP contribution in [-0.4, -0.2) is 37.7 Å². The summed E-state index contributed by atoms with van der Waals surface area (Å²) in [5, 5.41) is 3.44. The smallest absolute Gasteiger partial charge is 0.161 e. The molecule has 0 aromatic heterocycles. The van der Waals surface area contributed by atoms with Gasteiger partial charge in [-0.15, -0.1) is 6.58 Å². The maximum absolute atomic E-state index is 6.07. The lowest BCUT2D eigenvalue weighted by Crippen LogP contribution is -2.45. The van der Waals surface area contributed by atoms with E-state index in [4.69, 9.17) is 9.47 Å². The van der Waals surface area contributed by atoms with Crippen LogP contribution in [0.4, 0.5) is 0 Å². The molecule has 0 aliphatic carbocycles. The van der Waals surface area contributed by atoms with Gasteiger partial charge < -0.3 is 14.8 Å². The van der Waals surface area contributed by atoms with E-state index in [-0.39, 0.29) is 0 Å². The van der Waals surface area contributed by atoms with E-state index in [0.29, 0.717) is 19.3 Å². The predicted molar refractivity (Wildman–Crippen MR) is 115 cm³/mol. The lowest BCUT2D eigenvalue weighted by atomic mass is 9.99.